The van der Waals surface area contributed by atoms with E-state index >= 15 is 0 Å². The molecule has 0 heterocycles. The summed E-state index contributed by atoms with van der Waals surface area (Å²) < 4.78 is 0. The number of hydrogen-bond donors (Lipinski definition) is 1. The summed E-state index contributed by atoms with van der Waals surface area (Å²) in [6.07, 6.45) is 8.58. The minimum Gasteiger partial charge on any atom is -0.370 e. The van der Waals surface area contributed by atoms with Gasteiger partial charge in [-0.2, -0.15) is 11.8 Å². The summed E-state index contributed by atoms with van der Waals surface area (Å²) in [6.45, 7) is 2.24. The van der Waals surface area contributed by atoms with E-state index in [4.69, 9.17) is 5.73 Å². The van der Waals surface area contributed by atoms with E-state index in [2.05, 4.69) is 6.92 Å². The third kappa shape index (κ3) is 11.8. The number of unbranched alkanes of at least 4 members (excludes halogenated alkanes) is 5. The zero-order valence-corrected chi connectivity index (χ0v) is 10.1. The molecule has 0 radical (unpaired) electrons. The zero-order valence-electron chi connectivity index (χ0n) is 9.26. The summed E-state index contributed by atoms with van der Waals surface area (Å²) in [4.78, 5) is 10.4. The van der Waals surface area contributed by atoms with E-state index in [-0.39, 0.29) is 5.91 Å². The quantitative estimate of drug-likeness (QED) is 0.572. The van der Waals surface area contributed by atoms with Crippen LogP contribution in [0.4, 0.5) is 0 Å². The lowest BCUT2D eigenvalue weighted by molar-refractivity contribution is -0.117. The molecule has 0 aromatic rings. The average Bonchev–Trinajstić information content (AvgIpc) is 2.15. The van der Waals surface area contributed by atoms with Crippen molar-refractivity contribution in [3.63, 3.8) is 0 Å². The predicted molar refractivity (Wildman–Crippen MR) is 64.5 cm³/mol. The van der Waals surface area contributed by atoms with Gasteiger partial charge < -0.3 is 5.73 Å². The van der Waals surface area contributed by atoms with Crippen molar-refractivity contribution in [3.8, 4) is 0 Å². The van der Waals surface area contributed by atoms with Crippen molar-refractivity contribution < 1.29 is 4.79 Å². The first kappa shape index (κ1) is 13.8. The van der Waals surface area contributed by atoms with Gasteiger partial charge in [0.05, 0.1) is 0 Å². The molecule has 0 saturated carbocycles. The van der Waals surface area contributed by atoms with E-state index in [0.29, 0.717) is 6.42 Å². The largest absolute Gasteiger partial charge is 0.370 e. The number of amides is 1. The summed E-state index contributed by atoms with van der Waals surface area (Å²) in [6, 6.07) is 0. The fraction of sp³-hybridized carbons (Fsp3) is 0.909. The molecule has 0 atom stereocenters. The first-order chi connectivity index (χ1) is 6.77. The number of carbonyl (C=O) groups is 1. The molecule has 2 N–H and O–H groups in total. The second kappa shape index (κ2) is 10.9. The topological polar surface area (TPSA) is 43.1 Å². The van der Waals surface area contributed by atoms with Crippen molar-refractivity contribution >= 4 is 17.7 Å². The highest BCUT2D eigenvalue weighted by molar-refractivity contribution is 7.99. The van der Waals surface area contributed by atoms with Crippen LogP contribution in [0.3, 0.4) is 0 Å². The van der Waals surface area contributed by atoms with E-state index in [1.165, 1.54) is 44.3 Å². The third-order valence-electron chi connectivity index (χ3n) is 2.14. The molecule has 0 rings (SSSR count). The summed E-state index contributed by atoms with van der Waals surface area (Å²) in [7, 11) is 0. The van der Waals surface area contributed by atoms with Gasteiger partial charge in [-0.3, -0.25) is 4.79 Å². The van der Waals surface area contributed by atoms with Crippen molar-refractivity contribution in [1.29, 1.82) is 0 Å². The van der Waals surface area contributed by atoms with Crippen LogP contribution in [0.2, 0.25) is 0 Å². The number of rotatable bonds is 10. The molecule has 0 unspecified atom stereocenters. The molecular weight excluding hydrogens is 194 g/mol. The van der Waals surface area contributed by atoms with Crippen molar-refractivity contribution in [2.24, 2.45) is 5.73 Å². The maximum Gasteiger partial charge on any atom is 0.218 e. The Morgan fingerprint density at radius 1 is 1.07 bits per heavy atom. The van der Waals surface area contributed by atoms with Gasteiger partial charge in [0, 0.05) is 12.2 Å². The van der Waals surface area contributed by atoms with E-state index in [0.717, 1.165) is 5.75 Å². The minimum absolute atomic E-state index is 0.180. The molecule has 0 aliphatic rings. The van der Waals surface area contributed by atoms with Crippen molar-refractivity contribution in [2.45, 2.75) is 51.9 Å². The Balaban J connectivity index is 2.88. The number of carbonyl (C=O) groups excluding carboxylic acids is 1. The fourth-order valence-corrected chi connectivity index (χ4v) is 2.22. The average molecular weight is 217 g/mol. The molecule has 0 saturated heterocycles. The van der Waals surface area contributed by atoms with Crippen LogP contribution < -0.4 is 5.73 Å². The minimum atomic E-state index is -0.180. The Morgan fingerprint density at radius 3 is 2.36 bits per heavy atom. The van der Waals surface area contributed by atoms with Crippen LogP contribution in [0.25, 0.3) is 0 Å². The van der Waals surface area contributed by atoms with Crippen LogP contribution in [0.15, 0.2) is 0 Å². The molecule has 2 nitrogen and oxygen atoms in total. The van der Waals surface area contributed by atoms with Gasteiger partial charge in [0.15, 0.2) is 0 Å². The Bertz CT molecular complexity index is 139. The molecule has 0 aromatic heterocycles. The lowest BCUT2D eigenvalue weighted by Crippen LogP contribution is -2.11. The van der Waals surface area contributed by atoms with Gasteiger partial charge in [0.2, 0.25) is 5.91 Å². The number of thioether (sulfide) groups is 1. The second-order valence-electron chi connectivity index (χ2n) is 3.60. The molecule has 0 aliphatic carbocycles. The molecule has 0 fully saturated rings. The Kier molecular flexibility index (Phi) is 10.8. The normalized spacial score (nSPS) is 10.4. The van der Waals surface area contributed by atoms with Gasteiger partial charge in [-0.1, -0.05) is 39.0 Å². The molecule has 0 bridgehead atoms. The van der Waals surface area contributed by atoms with Crippen LogP contribution in [0, 0.1) is 0 Å². The van der Waals surface area contributed by atoms with Crippen LogP contribution in [-0.2, 0) is 4.79 Å². The Hall–Kier alpha value is -0.180. The lowest BCUT2D eigenvalue weighted by atomic mass is 10.1. The van der Waals surface area contributed by atoms with E-state index in [9.17, 15) is 4.79 Å². The molecule has 0 aliphatic heterocycles. The van der Waals surface area contributed by atoms with Crippen LogP contribution in [0.5, 0.6) is 0 Å². The molecule has 1 amide bonds. The first-order valence-electron chi connectivity index (χ1n) is 5.63. The van der Waals surface area contributed by atoms with Crippen LogP contribution >= 0.6 is 11.8 Å². The smallest absolute Gasteiger partial charge is 0.218 e. The summed E-state index contributed by atoms with van der Waals surface area (Å²) in [5.41, 5.74) is 5.04. The maximum atomic E-state index is 10.4. The third-order valence-corrected chi connectivity index (χ3v) is 3.21. The molecular formula is C11H23NOS. The zero-order chi connectivity index (χ0) is 10.6. The van der Waals surface area contributed by atoms with E-state index in [1.807, 2.05) is 11.8 Å². The summed E-state index contributed by atoms with van der Waals surface area (Å²) >= 11 is 1.84. The van der Waals surface area contributed by atoms with Gasteiger partial charge in [-0.15, -0.1) is 0 Å². The fourth-order valence-electron chi connectivity index (χ4n) is 1.26. The first-order valence-corrected chi connectivity index (χ1v) is 6.79. The van der Waals surface area contributed by atoms with Gasteiger partial charge >= 0.3 is 0 Å². The summed E-state index contributed by atoms with van der Waals surface area (Å²) in [5, 5.41) is 0. The molecule has 0 spiro atoms. The van der Waals surface area contributed by atoms with Crippen LogP contribution in [-0.4, -0.2) is 17.4 Å². The van der Waals surface area contributed by atoms with Crippen LogP contribution in [0.1, 0.15) is 51.9 Å². The molecule has 14 heavy (non-hydrogen) atoms. The van der Waals surface area contributed by atoms with Gasteiger partial charge in [0.1, 0.15) is 0 Å². The standard InChI is InChI=1S/C11H23NOS/c1-2-3-4-5-6-7-9-14-10-8-11(12)13/h2-10H2,1H3,(H2,12,13). The number of hydrogen-bond acceptors (Lipinski definition) is 2. The van der Waals surface area contributed by atoms with Gasteiger partial charge in [-0.05, 0) is 12.2 Å². The highest BCUT2D eigenvalue weighted by Gasteiger charge is 1.94. The number of nitrogens with two attached hydrogens (primary N) is 1. The summed E-state index contributed by atoms with van der Waals surface area (Å²) in [5.74, 6) is 1.89. The highest BCUT2D eigenvalue weighted by atomic mass is 32.2. The Labute approximate surface area is 92.0 Å². The molecule has 0 aromatic carbocycles. The molecule has 84 valence electrons. The van der Waals surface area contributed by atoms with Gasteiger partial charge in [-0.25, -0.2) is 0 Å². The number of primary amides is 1. The second-order valence-corrected chi connectivity index (χ2v) is 4.82. The SMILES string of the molecule is CCCCCCCCSCCC(N)=O. The Morgan fingerprint density at radius 2 is 1.71 bits per heavy atom. The van der Waals surface area contributed by atoms with Crippen molar-refractivity contribution in [3.05, 3.63) is 0 Å². The highest BCUT2D eigenvalue weighted by Crippen LogP contribution is 2.10. The van der Waals surface area contributed by atoms with E-state index < -0.39 is 0 Å². The maximum absolute atomic E-state index is 10.4. The van der Waals surface area contributed by atoms with E-state index in [1.54, 1.807) is 0 Å². The lowest BCUT2D eigenvalue weighted by Gasteiger charge is -2.00. The van der Waals surface area contributed by atoms with Crippen molar-refractivity contribution in [1.82, 2.24) is 0 Å². The monoisotopic (exact) mass is 217 g/mol. The van der Waals surface area contributed by atoms with Crippen molar-refractivity contribution in [2.75, 3.05) is 11.5 Å². The molecule has 3 heteroatoms. The van der Waals surface area contributed by atoms with Gasteiger partial charge in [0.25, 0.3) is 0 Å². The predicted octanol–water partition coefficient (Wildman–Crippen LogP) is 2.96.